The molecule has 6 heteroatoms. The van der Waals surface area contributed by atoms with Gasteiger partial charge in [-0.1, -0.05) is 15.9 Å². The van der Waals surface area contributed by atoms with E-state index in [2.05, 4.69) is 21.0 Å². The van der Waals surface area contributed by atoms with Crippen LogP contribution in [0.15, 0.2) is 22.8 Å². The van der Waals surface area contributed by atoms with Crippen LogP contribution in [0, 0.1) is 25.2 Å². The quantitative estimate of drug-likeness (QED) is 0.923. The van der Waals surface area contributed by atoms with E-state index in [1.807, 2.05) is 32.0 Å². The first kappa shape index (κ1) is 13.3. The molecule has 0 aliphatic rings. The second-order valence-corrected chi connectivity index (χ2v) is 5.06. The third-order valence-electron chi connectivity index (χ3n) is 2.72. The van der Waals surface area contributed by atoms with Crippen molar-refractivity contribution in [1.82, 2.24) is 9.78 Å². The topological polar surface area (TPSA) is 78.9 Å². The van der Waals surface area contributed by atoms with Crippen LogP contribution in [-0.2, 0) is 0 Å². The Morgan fingerprint density at radius 1 is 1.42 bits per heavy atom. The van der Waals surface area contributed by atoms with E-state index in [4.69, 9.17) is 10.4 Å². The fourth-order valence-corrected chi connectivity index (χ4v) is 2.68. The van der Waals surface area contributed by atoms with Crippen LogP contribution >= 0.6 is 15.9 Å². The van der Waals surface area contributed by atoms with E-state index in [0.29, 0.717) is 0 Å². The van der Waals surface area contributed by atoms with Crippen molar-refractivity contribution in [2.75, 3.05) is 0 Å². The molecular formula is C13H10BrN3O2. The maximum absolute atomic E-state index is 11.0. The average Bonchev–Trinajstić information content (AvgIpc) is 2.71. The number of carbonyl (C=O) groups is 1. The normalized spacial score (nSPS) is 10.2. The Balaban J connectivity index is 2.67. The molecule has 0 aliphatic heterocycles. The molecular weight excluding hydrogens is 310 g/mol. The van der Waals surface area contributed by atoms with Crippen molar-refractivity contribution < 1.29 is 9.90 Å². The SMILES string of the molecule is Cc1cc(Br)cc(C)c1-n1cc(C#N)c(C(=O)O)n1. The summed E-state index contributed by atoms with van der Waals surface area (Å²) in [6, 6.07) is 5.67. The van der Waals surface area contributed by atoms with E-state index in [1.54, 1.807) is 0 Å². The summed E-state index contributed by atoms with van der Waals surface area (Å²) in [4.78, 5) is 11.0. The zero-order valence-electron chi connectivity index (χ0n) is 10.3. The van der Waals surface area contributed by atoms with Gasteiger partial charge >= 0.3 is 5.97 Å². The number of aromatic carboxylic acids is 1. The van der Waals surface area contributed by atoms with Crippen molar-refractivity contribution in [3.63, 3.8) is 0 Å². The lowest BCUT2D eigenvalue weighted by Gasteiger charge is -2.10. The number of hydrogen-bond donors (Lipinski definition) is 1. The first-order valence-electron chi connectivity index (χ1n) is 5.44. The number of halogens is 1. The minimum absolute atomic E-state index is 0.0502. The fourth-order valence-electron chi connectivity index (χ4n) is 1.99. The van der Waals surface area contributed by atoms with Gasteiger partial charge in [0.1, 0.15) is 11.6 Å². The minimum Gasteiger partial charge on any atom is -0.476 e. The maximum Gasteiger partial charge on any atom is 0.357 e. The van der Waals surface area contributed by atoms with Gasteiger partial charge in [-0.2, -0.15) is 10.4 Å². The number of rotatable bonds is 2. The molecule has 1 N–H and O–H groups in total. The lowest BCUT2D eigenvalue weighted by Crippen LogP contribution is -2.04. The second-order valence-electron chi connectivity index (χ2n) is 4.14. The highest BCUT2D eigenvalue weighted by atomic mass is 79.9. The Hall–Kier alpha value is -2.13. The molecule has 0 fully saturated rings. The summed E-state index contributed by atoms with van der Waals surface area (Å²) in [6.45, 7) is 3.81. The molecule has 2 rings (SSSR count). The number of hydrogen-bond acceptors (Lipinski definition) is 3. The van der Waals surface area contributed by atoms with Crippen LogP contribution in [0.1, 0.15) is 27.2 Å². The summed E-state index contributed by atoms with van der Waals surface area (Å²) >= 11 is 3.40. The van der Waals surface area contributed by atoms with Crippen molar-refractivity contribution in [1.29, 1.82) is 5.26 Å². The number of benzene rings is 1. The summed E-state index contributed by atoms with van der Waals surface area (Å²) in [5, 5.41) is 21.9. The molecule has 2 aromatic rings. The van der Waals surface area contributed by atoms with Gasteiger partial charge in [0.15, 0.2) is 5.69 Å². The molecule has 5 nitrogen and oxygen atoms in total. The van der Waals surface area contributed by atoms with Gasteiger partial charge in [0, 0.05) is 10.7 Å². The lowest BCUT2D eigenvalue weighted by molar-refractivity contribution is 0.0689. The standard InChI is InChI=1S/C13H10BrN3O2/c1-7-3-10(14)4-8(2)12(7)17-6-9(5-15)11(16-17)13(18)19/h3-4,6H,1-2H3,(H,18,19). The van der Waals surface area contributed by atoms with Crippen molar-refractivity contribution in [3.8, 4) is 11.8 Å². The van der Waals surface area contributed by atoms with Gasteiger partial charge in [0.2, 0.25) is 0 Å². The molecule has 0 bridgehead atoms. The van der Waals surface area contributed by atoms with Crippen LogP contribution in [0.3, 0.4) is 0 Å². The van der Waals surface area contributed by atoms with Crippen molar-refractivity contribution in [3.05, 3.63) is 45.2 Å². The van der Waals surface area contributed by atoms with E-state index in [9.17, 15) is 4.79 Å². The Bertz CT molecular complexity index is 690. The van der Waals surface area contributed by atoms with Crippen molar-refractivity contribution in [2.45, 2.75) is 13.8 Å². The summed E-state index contributed by atoms with van der Waals surface area (Å²) in [6.07, 6.45) is 1.44. The van der Waals surface area contributed by atoms with Crippen LogP contribution in [0.4, 0.5) is 0 Å². The van der Waals surface area contributed by atoms with E-state index in [-0.39, 0.29) is 11.3 Å². The Kier molecular flexibility index (Phi) is 3.40. The third kappa shape index (κ3) is 2.37. The summed E-state index contributed by atoms with van der Waals surface area (Å²) < 4.78 is 2.39. The number of nitrogens with zero attached hydrogens (tertiary/aromatic N) is 3. The van der Waals surface area contributed by atoms with E-state index in [1.165, 1.54) is 10.9 Å². The van der Waals surface area contributed by atoms with Crippen molar-refractivity contribution in [2.24, 2.45) is 0 Å². The van der Waals surface area contributed by atoms with Crippen molar-refractivity contribution >= 4 is 21.9 Å². The number of aromatic nitrogens is 2. The van der Waals surface area contributed by atoms with Gasteiger partial charge in [0.05, 0.1) is 5.69 Å². The van der Waals surface area contributed by atoms with Crippen LogP contribution in [0.5, 0.6) is 0 Å². The summed E-state index contributed by atoms with van der Waals surface area (Å²) in [5.41, 5.74) is 2.48. The molecule has 0 amide bonds. The highest BCUT2D eigenvalue weighted by Crippen LogP contribution is 2.24. The highest BCUT2D eigenvalue weighted by Gasteiger charge is 2.18. The smallest absolute Gasteiger partial charge is 0.357 e. The Morgan fingerprint density at radius 2 is 2.00 bits per heavy atom. The average molecular weight is 320 g/mol. The maximum atomic E-state index is 11.0. The van der Waals surface area contributed by atoms with Crippen LogP contribution in [0.25, 0.3) is 5.69 Å². The molecule has 0 saturated heterocycles. The molecule has 96 valence electrons. The van der Waals surface area contributed by atoms with Gasteiger partial charge in [-0.25, -0.2) is 9.48 Å². The molecule has 19 heavy (non-hydrogen) atoms. The predicted octanol–water partition coefficient (Wildman–Crippen LogP) is 2.82. The van der Waals surface area contributed by atoms with E-state index < -0.39 is 5.97 Å². The molecule has 0 aliphatic carbocycles. The molecule has 0 atom stereocenters. The fraction of sp³-hybridized carbons (Fsp3) is 0.154. The zero-order chi connectivity index (χ0) is 14.2. The highest BCUT2D eigenvalue weighted by molar-refractivity contribution is 9.10. The summed E-state index contributed by atoms with van der Waals surface area (Å²) in [7, 11) is 0. The van der Waals surface area contributed by atoms with Gasteiger partial charge in [0.25, 0.3) is 0 Å². The Morgan fingerprint density at radius 3 is 2.42 bits per heavy atom. The number of nitriles is 1. The number of carboxylic acid groups (broad SMARTS) is 1. The van der Waals surface area contributed by atoms with Crippen LogP contribution in [-0.4, -0.2) is 20.9 Å². The molecule has 1 aromatic carbocycles. The second kappa shape index (κ2) is 4.86. The van der Waals surface area contributed by atoms with Gasteiger partial charge in [-0.3, -0.25) is 0 Å². The number of aryl methyl sites for hydroxylation is 2. The molecule has 1 aromatic heterocycles. The molecule has 0 spiro atoms. The monoisotopic (exact) mass is 319 g/mol. The van der Waals surface area contributed by atoms with Gasteiger partial charge < -0.3 is 5.11 Å². The first-order valence-corrected chi connectivity index (χ1v) is 6.23. The summed E-state index contributed by atoms with van der Waals surface area (Å²) in [5.74, 6) is -1.21. The van der Waals surface area contributed by atoms with Gasteiger partial charge in [-0.15, -0.1) is 0 Å². The Labute approximate surface area is 118 Å². The third-order valence-corrected chi connectivity index (χ3v) is 3.18. The van der Waals surface area contributed by atoms with Crippen LogP contribution < -0.4 is 0 Å². The van der Waals surface area contributed by atoms with Crippen LogP contribution in [0.2, 0.25) is 0 Å². The minimum atomic E-state index is -1.21. The largest absolute Gasteiger partial charge is 0.476 e. The number of carboxylic acids is 1. The lowest BCUT2D eigenvalue weighted by atomic mass is 10.1. The predicted molar refractivity (Wildman–Crippen MR) is 72.4 cm³/mol. The zero-order valence-corrected chi connectivity index (χ0v) is 11.9. The molecule has 1 heterocycles. The molecule has 0 radical (unpaired) electrons. The van der Waals surface area contributed by atoms with E-state index >= 15 is 0 Å². The van der Waals surface area contributed by atoms with E-state index in [0.717, 1.165) is 21.3 Å². The molecule has 0 saturated carbocycles. The molecule has 0 unspecified atom stereocenters. The first-order chi connectivity index (χ1) is 8.93. The van der Waals surface area contributed by atoms with Gasteiger partial charge in [-0.05, 0) is 37.1 Å².